The summed E-state index contributed by atoms with van der Waals surface area (Å²) in [5.74, 6) is -0.533. The molecule has 0 unspecified atom stereocenters. The Morgan fingerprint density at radius 2 is 1.60 bits per heavy atom. The van der Waals surface area contributed by atoms with Crippen molar-refractivity contribution in [1.82, 2.24) is 20.2 Å². The predicted octanol–water partition coefficient (Wildman–Crippen LogP) is 2.90. The molecule has 3 aromatic carbocycles. The molecule has 0 radical (unpaired) electrons. The predicted molar refractivity (Wildman–Crippen MR) is 125 cm³/mol. The monoisotopic (exact) mass is 472 g/mol. The van der Waals surface area contributed by atoms with Gasteiger partial charge in [0, 0.05) is 11.8 Å². The van der Waals surface area contributed by atoms with Crippen molar-refractivity contribution in [2.24, 2.45) is 0 Å². The lowest BCUT2D eigenvalue weighted by Gasteiger charge is -2.11. The number of carbonyl (C=O) groups excluding carboxylic acids is 3. The van der Waals surface area contributed by atoms with Crippen LogP contribution >= 0.6 is 0 Å². The Labute approximate surface area is 199 Å². The normalized spacial score (nSPS) is 10.3. The molecule has 1 heterocycles. The topological polar surface area (TPSA) is 137 Å². The fourth-order valence-corrected chi connectivity index (χ4v) is 3.03. The number of para-hydroxylation sites is 2. The van der Waals surface area contributed by atoms with Crippen LogP contribution in [0.5, 0.6) is 11.5 Å². The Balaban J connectivity index is 1.31. The zero-order valence-corrected chi connectivity index (χ0v) is 18.3. The smallest absolute Gasteiger partial charge is 0.340 e. The number of carbonyl (C=O) groups is 3. The van der Waals surface area contributed by atoms with E-state index in [4.69, 9.17) is 9.47 Å². The molecule has 35 heavy (non-hydrogen) atoms. The first-order chi connectivity index (χ1) is 17.1. The van der Waals surface area contributed by atoms with Gasteiger partial charge >= 0.3 is 5.97 Å². The van der Waals surface area contributed by atoms with Crippen LogP contribution in [0.4, 0.5) is 11.4 Å². The van der Waals surface area contributed by atoms with E-state index in [1.165, 1.54) is 17.1 Å². The molecule has 1 aromatic heterocycles. The van der Waals surface area contributed by atoms with Crippen molar-refractivity contribution in [3.63, 3.8) is 0 Å². The summed E-state index contributed by atoms with van der Waals surface area (Å²) in [6.45, 7) is -0.651. The quantitative estimate of drug-likeness (QED) is 0.355. The third-order valence-corrected chi connectivity index (χ3v) is 4.55. The highest BCUT2D eigenvalue weighted by Gasteiger charge is 2.16. The Kier molecular flexibility index (Phi) is 7.39. The molecular formula is C24H20N6O5. The SMILES string of the molecule is O=C(COC(=O)c1ccccc1NC(=O)Cn1cnnn1)Nc1cccc(Oc2ccccc2)c1. The second-order valence-electron chi connectivity index (χ2n) is 7.17. The number of aromatic nitrogens is 4. The van der Waals surface area contributed by atoms with Crippen molar-refractivity contribution in [1.29, 1.82) is 0 Å². The second kappa shape index (κ2) is 11.2. The van der Waals surface area contributed by atoms with Gasteiger partial charge in [0.15, 0.2) is 6.61 Å². The van der Waals surface area contributed by atoms with Crippen molar-refractivity contribution in [2.75, 3.05) is 17.2 Å². The summed E-state index contributed by atoms with van der Waals surface area (Å²) in [6.07, 6.45) is 1.29. The van der Waals surface area contributed by atoms with Crippen LogP contribution < -0.4 is 15.4 Å². The first-order valence-electron chi connectivity index (χ1n) is 10.5. The average molecular weight is 472 g/mol. The molecule has 2 amide bonds. The number of benzene rings is 3. The second-order valence-corrected chi connectivity index (χ2v) is 7.17. The van der Waals surface area contributed by atoms with Gasteiger partial charge < -0.3 is 20.1 Å². The van der Waals surface area contributed by atoms with Crippen LogP contribution in [0.1, 0.15) is 10.4 Å². The van der Waals surface area contributed by atoms with Crippen LogP contribution in [-0.4, -0.2) is 44.6 Å². The number of amides is 2. The van der Waals surface area contributed by atoms with Gasteiger partial charge in [0.2, 0.25) is 5.91 Å². The fourth-order valence-electron chi connectivity index (χ4n) is 3.03. The van der Waals surface area contributed by atoms with Gasteiger partial charge in [0.1, 0.15) is 24.4 Å². The van der Waals surface area contributed by atoms with E-state index in [0.29, 0.717) is 17.2 Å². The number of ether oxygens (including phenoxy) is 2. The van der Waals surface area contributed by atoms with Crippen LogP contribution in [-0.2, 0) is 20.9 Å². The molecule has 0 atom stereocenters. The lowest BCUT2D eigenvalue weighted by Crippen LogP contribution is -2.23. The summed E-state index contributed by atoms with van der Waals surface area (Å²) in [6, 6.07) is 22.4. The number of anilines is 2. The van der Waals surface area contributed by atoms with Crippen molar-refractivity contribution < 1.29 is 23.9 Å². The van der Waals surface area contributed by atoms with Gasteiger partial charge in [-0.15, -0.1) is 5.10 Å². The first-order valence-corrected chi connectivity index (χ1v) is 10.5. The lowest BCUT2D eigenvalue weighted by atomic mass is 10.2. The number of esters is 1. The van der Waals surface area contributed by atoms with Gasteiger partial charge in [-0.25, -0.2) is 9.48 Å². The summed E-state index contributed by atoms with van der Waals surface area (Å²) in [4.78, 5) is 37.1. The van der Waals surface area contributed by atoms with Gasteiger partial charge in [-0.05, 0) is 46.8 Å². The van der Waals surface area contributed by atoms with E-state index in [2.05, 4.69) is 26.2 Å². The van der Waals surface area contributed by atoms with Gasteiger partial charge in [-0.1, -0.05) is 36.4 Å². The van der Waals surface area contributed by atoms with E-state index in [0.717, 1.165) is 0 Å². The third kappa shape index (κ3) is 6.71. The maximum absolute atomic E-state index is 12.6. The number of nitrogens with zero attached hydrogens (tertiary/aromatic N) is 4. The molecule has 0 saturated carbocycles. The van der Waals surface area contributed by atoms with Crippen LogP contribution in [0.3, 0.4) is 0 Å². The van der Waals surface area contributed by atoms with Gasteiger partial charge in [-0.2, -0.15) is 0 Å². The molecule has 11 nitrogen and oxygen atoms in total. The molecular weight excluding hydrogens is 452 g/mol. The molecule has 11 heteroatoms. The van der Waals surface area contributed by atoms with Crippen LogP contribution in [0.15, 0.2) is 85.2 Å². The number of hydrogen-bond acceptors (Lipinski definition) is 8. The Hall–Kier alpha value is -5.06. The van der Waals surface area contributed by atoms with Crippen molar-refractivity contribution in [3.8, 4) is 11.5 Å². The highest BCUT2D eigenvalue weighted by molar-refractivity contribution is 6.02. The Morgan fingerprint density at radius 1 is 0.829 bits per heavy atom. The van der Waals surface area contributed by atoms with E-state index in [-0.39, 0.29) is 17.8 Å². The molecule has 0 spiro atoms. The maximum atomic E-state index is 12.6. The first kappa shape index (κ1) is 23.1. The minimum atomic E-state index is -0.764. The summed E-state index contributed by atoms with van der Waals surface area (Å²) >= 11 is 0. The highest BCUT2D eigenvalue weighted by atomic mass is 16.5. The lowest BCUT2D eigenvalue weighted by molar-refractivity contribution is -0.119. The summed E-state index contributed by atoms with van der Waals surface area (Å²) in [5, 5.41) is 15.8. The number of hydrogen-bond donors (Lipinski definition) is 2. The van der Waals surface area contributed by atoms with Crippen molar-refractivity contribution >= 4 is 29.2 Å². The minimum absolute atomic E-state index is 0.101. The standard InChI is InChI=1S/C24H20N6O5/c31-22(14-30-16-25-28-29-30)27-21-12-5-4-11-20(21)24(33)34-15-23(32)26-17-7-6-10-19(13-17)35-18-8-2-1-3-9-18/h1-13,16H,14-15H2,(H,26,32)(H,27,31). The van der Waals surface area contributed by atoms with E-state index in [1.54, 1.807) is 42.5 Å². The van der Waals surface area contributed by atoms with Crippen molar-refractivity contribution in [3.05, 3.63) is 90.8 Å². The molecule has 176 valence electrons. The third-order valence-electron chi connectivity index (χ3n) is 4.55. The summed E-state index contributed by atoms with van der Waals surface area (Å²) in [7, 11) is 0. The molecule has 0 fully saturated rings. The number of tetrazole rings is 1. The zero-order valence-electron chi connectivity index (χ0n) is 18.3. The molecule has 0 saturated heterocycles. The molecule has 0 aliphatic rings. The number of rotatable bonds is 9. The fraction of sp³-hybridized carbons (Fsp3) is 0.0833. The summed E-state index contributed by atoms with van der Waals surface area (Å²) < 4.78 is 12.1. The van der Waals surface area contributed by atoms with Gasteiger partial charge in [0.05, 0.1) is 11.3 Å². The Morgan fingerprint density at radius 3 is 2.40 bits per heavy atom. The van der Waals surface area contributed by atoms with Crippen LogP contribution in [0.25, 0.3) is 0 Å². The maximum Gasteiger partial charge on any atom is 0.340 e. The highest BCUT2D eigenvalue weighted by Crippen LogP contribution is 2.24. The van der Waals surface area contributed by atoms with E-state index < -0.39 is 24.4 Å². The van der Waals surface area contributed by atoms with E-state index >= 15 is 0 Å². The summed E-state index contributed by atoms with van der Waals surface area (Å²) in [5.41, 5.74) is 0.820. The zero-order chi connectivity index (χ0) is 24.5. The Bertz CT molecular complexity index is 1310. The van der Waals surface area contributed by atoms with Crippen molar-refractivity contribution in [2.45, 2.75) is 6.54 Å². The van der Waals surface area contributed by atoms with Crippen LogP contribution in [0, 0.1) is 0 Å². The minimum Gasteiger partial charge on any atom is -0.457 e. The molecule has 0 aliphatic heterocycles. The molecule has 4 rings (SSSR count). The molecule has 0 bridgehead atoms. The largest absolute Gasteiger partial charge is 0.457 e. The number of nitrogens with one attached hydrogen (secondary N) is 2. The molecule has 0 aliphatic carbocycles. The van der Waals surface area contributed by atoms with E-state index in [9.17, 15) is 14.4 Å². The van der Waals surface area contributed by atoms with Gasteiger partial charge in [-0.3, -0.25) is 9.59 Å². The molecule has 4 aromatic rings. The average Bonchev–Trinajstić information content (AvgIpc) is 3.36. The van der Waals surface area contributed by atoms with Crippen LogP contribution in [0.2, 0.25) is 0 Å². The van der Waals surface area contributed by atoms with Gasteiger partial charge in [0.25, 0.3) is 5.91 Å². The van der Waals surface area contributed by atoms with E-state index in [1.807, 2.05) is 30.3 Å². The molecule has 2 N–H and O–H groups in total.